The van der Waals surface area contributed by atoms with Crippen LogP contribution in [0.25, 0.3) is 0 Å². The highest BCUT2D eigenvalue weighted by molar-refractivity contribution is 5.99. The van der Waals surface area contributed by atoms with Crippen molar-refractivity contribution in [1.29, 1.82) is 0 Å². The summed E-state index contributed by atoms with van der Waals surface area (Å²) in [5.74, 6) is -0.653. The molecular formula is C15H22FN3O. The molecule has 2 atom stereocenters. The van der Waals surface area contributed by atoms with E-state index >= 15 is 0 Å². The average Bonchev–Trinajstić information content (AvgIpc) is 2.45. The van der Waals surface area contributed by atoms with Gasteiger partial charge in [0.2, 0.25) is 0 Å². The minimum atomic E-state index is -0.730. The van der Waals surface area contributed by atoms with E-state index in [-0.39, 0.29) is 11.6 Å². The molecule has 2 unspecified atom stereocenters. The monoisotopic (exact) mass is 279 g/mol. The van der Waals surface area contributed by atoms with Crippen molar-refractivity contribution in [3.63, 3.8) is 0 Å². The Morgan fingerprint density at radius 3 is 2.85 bits per heavy atom. The highest BCUT2D eigenvalue weighted by atomic mass is 19.1. The molecule has 1 fully saturated rings. The number of anilines is 1. The van der Waals surface area contributed by atoms with Crippen molar-refractivity contribution in [1.82, 2.24) is 0 Å². The van der Waals surface area contributed by atoms with E-state index in [0.29, 0.717) is 18.2 Å². The van der Waals surface area contributed by atoms with Crippen LogP contribution < -0.4 is 16.4 Å². The van der Waals surface area contributed by atoms with Gasteiger partial charge in [0.15, 0.2) is 0 Å². The third-order valence-corrected chi connectivity index (χ3v) is 4.22. The maximum absolute atomic E-state index is 13.9. The summed E-state index contributed by atoms with van der Waals surface area (Å²) >= 11 is 0. The van der Waals surface area contributed by atoms with Crippen LogP contribution in [0.3, 0.4) is 0 Å². The summed E-state index contributed by atoms with van der Waals surface area (Å²) in [6.45, 7) is 3.44. The smallest absolute Gasteiger partial charge is 0.253 e. The number of rotatable bonds is 4. The number of primary amides is 1. The maximum Gasteiger partial charge on any atom is 0.253 e. The first-order chi connectivity index (χ1) is 9.58. The van der Waals surface area contributed by atoms with E-state index in [1.54, 1.807) is 12.1 Å². The van der Waals surface area contributed by atoms with E-state index in [1.165, 1.54) is 6.07 Å². The van der Waals surface area contributed by atoms with Crippen LogP contribution in [0.4, 0.5) is 10.1 Å². The summed E-state index contributed by atoms with van der Waals surface area (Å²) in [5, 5.41) is 0. The minimum absolute atomic E-state index is 0.0269. The zero-order valence-corrected chi connectivity index (χ0v) is 11.8. The summed E-state index contributed by atoms with van der Waals surface area (Å²) in [5.41, 5.74) is 11.7. The third-order valence-electron chi connectivity index (χ3n) is 4.22. The molecular weight excluding hydrogens is 257 g/mol. The van der Waals surface area contributed by atoms with E-state index < -0.39 is 11.7 Å². The standard InChI is InChI=1S/C15H22FN3O/c1-2-10-6-7-19(11(8-10)9-17)13-5-3-4-12(16)14(13)15(18)20/h3-5,10-11H,2,6-9,17H2,1H3,(H2,18,20). The number of amides is 1. The van der Waals surface area contributed by atoms with E-state index in [1.807, 2.05) is 4.90 Å². The Bertz CT molecular complexity index is 492. The summed E-state index contributed by atoms with van der Waals surface area (Å²) in [4.78, 5) is 13.6. The minimum Gasteiger partial charge on any atom is -0.367 e. The Hall–Kier alpha value is -1.62. The lowest BCUT2D eigenvalue weighted by molar-refractivity contribution is 0.0996. The number of carbonyl (C=O) groups is 1. The number of nitrogens with two attached hydrogens (primary N) is 2. The molecule has 1 aliphatic heterocycles. The van der Waals surface area contributed by atoms with Gasteiger partial charge in [-0.2, -0.15) is 0 Å². The second-order valence-electron chi connectivity index (χ2n) is 5.38. The molecule has 0 saturated carbocycles. The second kappa shape index (κ2) is 6.22. The van der Waals surface area contributed by atoms with Crippen LogP contribution >= 0.6 is 0 Å². The molecule has 1 aliphatic rings. The predicted octanol–water partition coefficient (Wildman–Crippen LogP) is 1.88. The maximum atomic E-state index is 13.9. The van der Waals surface area contributed by atoms with E-state index in [4.69, 9.17) is 11.5 Å². The molecule has 4 nitrogen and oxygen atoms in total. The first-order valence-corrected chi connectivity index (χ1v) is 7.13. The Morgan fingerprint density at radius 1 is 1.50 bits per heavy atom. The SMILES string of the molecule is CCC1CCN(c2cccc(F)c2C(N)=O)C(CN)C1. The van der Waals surface area contributed by atoms with E-state index in [9.17, 15) is 9.18 Å². The fraction of sp³-hybridized carbons (Fsp3) is 0.533. The highest BCUT2D eigenvalue weighted by Gasteiger charge is 2.29. The van der Waals surface area contributed by atoms with Crippen LogP contribution in [0.15, 0.2) is 18.2 Å². The van der Waals surface area contributed by atoms with Crippen LogP contribution in [0.5, 0.6) is 0 Å². The number of hydrogen-bond acceptors (Lipinski definition) is 3. The van der Waals surface area contributed by atoms with Gasteiger partial charge >= 0.3 is 0 Å². The summed E-state index contributed by atoms with van der Waals surface area (Å²) in [6.07, 6.45) is 3.12. The molecule has 0 bridgehead atoms. The van der Waals surface area contributed by atoms with Crippen LogP contribution in [-0.4, -0.2) is 25.0 Å². The molecule has 2 rings (SSSR count). The molecule has 4 N–H and O–H groups in total. The molecule has 20 heavy (non-hydrogen) atoms. The van der Waals surface area contributed by atoms with Gasteiger partial charge in [-0.3, -0.25) is 4.79 Å². The third kappa shape index (κ3) is 2.77. The van der Waals surface area contributed by atoms with Crippen molar-refractivity contribution in [3.8, 4) is 0 Å². The lowest BCUT2D eigenvalue weighted by atomic mass is 9.88. The van der Waals surface area contributed by atoms with Crippen molar-refractivity contribution in [2.75, 3.05) is 18.0 Å². The van der Waals surface area contributed by atoms with Gasteiger partial charge < -0.3 is 16.4 Å². The van der Waals surface area contributed by atoms with Gasteiger partial charge in [-0.05, 0) is 30.9 Å². The molecule has 1 aromatic carbocycles. The average molecular weight is 279 g/mol. The molecule has 5 heteroatoms. The number of benzene rings is 1. The molecule has 0 aliphatic carbocycles. The molecule has 1 saturated heterocycles. The Kier molecular flexibility index (Phi) is 4.60. The largest absolute Gasteiger partial charge is 0.367 e. The summed E-state index contributed by atoms with van der Waals surface area (Å²) in [6, 6.07) is 4.75. The fourth-order valence-corrected chi connectivity index (χ4v) is 3.04. The zero-order chi connectivity index (χ0) is 14.7. The first kappa shape index (κ1) is 14.8. The van der Waals surface area contributed by atoms with Crippen molar-refractivity contribution in [2.45, 2.75) is 32.2 Å². The Balaban J connectivity index is 2.35. The van der Waals surface area contributed by atoms with Gasteiger partial charge in [0.25, 0.3) is 5.91 Å². The predicted molar refractivity (Wildman–Crippen MR) is 78.1 cm³/mol. The van der Waals surface area contributed by atoms with E-state index in [0.717, 1.165) is 25.8 Å². The van der Waals surface area contributed by atoms with Gasteiger partial charge in [-0.1, -0.05) is 19.4 Å². The lowest BCUT2D eigenvalue weighted by Gasteiger charge is -2.41. The van der Waals surface area contributed by atoms with Crippen LogP contribution in [-0.2, 0) is 0 Å². The van der Waals surface area contributed by atoms with Gasteiger partial charge in [-0.25, -0.2) is 4.39 Å². The number of carbonyl (C=O) groups excluding carboxylic acids is 1. The quantitative estimate of drug-likeness (QED) is 0.884. The van der Waals surface area contributed by atoms with Gasteiger partial charge in [0.1, 0.15) is 5.82 Å². The van der Waals surface area contributed by atoms with Gasteiger partial charge in [0, 0.05) is 19.1 Å². The lowest BCUT2D eigenvalue weighted by Crippen LogP contribution is -2.47. The molecule has 110 valence electrons. The molecule has 1 amide bonds. The molecule has 0 spiro atoms. The molecule has 1 aromatic rings. The van der Waals surface area contributed by atoms with Crippen molar-refractivity contribution < 1.29 is 9.18 Å². The summed E-state index contributed by atoms with van der Waals surface area (Å²) < 4.78 is 13.9. The normalized spacial score (nSPS) is 22.9. The number of piperidine rings is 1. The van der Waals surface area contributed by atoms with Crippen molar-refractivity contribution in [2.24, 2.45) is 17.4 Å². The zero-order valence-electron chi connectivity index (χ0n) is 11.8. The number of nitrogens with zero attached hydrogens (tertiary/aromatic N) is 1. The molecule has 0 radical (unpaired) electrons. The Morgan fingerprint density at radius 2 is 2.25 bits per heavy atom. The first-order valence-electron chi connectivity index (χ1n) is 7.13. The summed E-state index contributed by atoms with van der Waals surface area (Å²) in [7, 11) is 0. The topological polar surface area (TPSA) is 72.3 Å². The van der Waals surface area contributed by atoms with Crippen LogP contribution in [0, 0.1) is 11.7 Å². The number of hydrogen-bond donors (Lipinski definition) is 2. The molecule has 1 heterocycles. The van der Waals surface area contributed by atoms with E-state index in [2.05, 4.69) is 6.92 Å². The highest BCUT2D eigenvalue weighted by Crippen LogP contribution is 2.32. The molecule has 0 aromatic heterocycles. The van der Waals surface area contributed by atoms with Crippen molar-refractivity contribution in [3.05, 3.63) is 29.6 Å². The number of halogens is 1. The van der Waals surface area contributed by atoms with Crippen LogP contribution in [0.1, 0.15) is 36.5 Å². The fourth-order valence-electron chi connectivity index (χ4n) is 3.04. The van der Waals surface area contributed by atoms with Crippen LogP contribution in [0.2, 0.25) is 0 Å². The Labute approximate surface area is 118 Å². The van der Waals surface area contributed by atoms with Gasteiger partial charge in [0.05, 0.1) is 11.3 Å². The van der Waals surface area contributed by atoms with Crippen molar-refractivity contribution >= 4 is 11.6 Å². The second-order valence-corrected chi connectivity index (χ2v) is 5.38. The van der Waals surface area contributed by atoms with Gasteiger partial charge in [-0.15, -0.1) is 0 Å².